The molecule has 1 fully saturated rings. The summed E-state index contributed by atoms with van der Waals surface area (Å²) in [6.45, 7) is 4.61. The van der Waals surface area contributed by atoms with Gasteiger partial charge in [-0.1, -0.05) is 11.6 Å². The highest BCUT2D eigenvalue weighted by Gasteiger charge is 2.23. The summed E-state index contributed by atoms with van der Waals surface area (Å²) in [7, 11) is 0. The molecule has 0 bridgehead atoms. The summed E-state index contributed by atoms with van der Waals surface area (Å²) >= 11 is 5.93. The summed E-state index contributed by atoms with van der Waals surface area (Å²) in [5, 5.41) is 6.34. The highest BCUT2D eigenvalue weighted by Crippen LogP contribution is 2.28. The van der Waals surface area contributed by atoms with Crippen LogP contribution in [0.1, 0.15) is 25.3 Å². The van der Waals surface area contributed by atoms with Crippen molar-refractivity contribution in [3.8, 4) is 5.75 Å². The molecular formula is C23H24ClFN6O2. The molecule has 8 nitrogen and oxygen atoms in total. The number of anilines is 4. The van der Waals surface area contributed by atoms with Gasteiger partial charge in [-0.2, -0.15) is 4.98 Å². The molecule has 0 aliphatic carbocycles. The number of aromatic nitrogens is 3. The number of ether oxygens (including phenoxy) is 1. The molecule has 2 heterocycles. The predicted octanol–water partition coefficient (Wildman–Crippen LogP) is 4.72. The lowest BCUT2D eigenvalue weighted by Gasteiger charge is -2.32. The number of nitrogens with zero attached hydrogens (tertiary/aromatic N) is 4. The van der Waals surface area contributed by atoms with Gasteiger partial charge in [0, 0.05) is 49.3 Å². The van der Waals surface area contributed by atoms with Gasteiger partial charge in [0.25, 0.3) is 0 Å². The van der Waals surface area contributed by atoms with E-state index in [1.807, 2.05) is 24.3 Å². The first-order chi connectivity index (χ1) is 15.9. The van der Waals surface area contributed by atoms with Crippen molar-refractivity contribution in [2.24, 2.45) is 0 Å². The van der Waals surface area contributed by atoms with Gasteiger partial charge in [-0.15, -0.1) is 0 Å². The molecule has 4 rings (SSSR count). The molecule has 2 aromatic carbocycles. The average Bonchev–Trinajstić information content (AvgIpc) is 2.79. The monoisotopic (exact) mass is 470 g/mol. The highest BCUT2D eigenvalue weighted by atomic mass is 35.5. The molecule has 0 spiro atoms. The Bertz CT molecular complexity index is 1140. The fourth-order valence-corrected chi connectivity index (χ4v) is 3.75. The maximum atomic E-state index is 14.1. The fraction of sp³-hybridized carbons (Fsp3) is 0.304. The zero-order valence-electron chi connectivity index (χ0n) is 18.3. The number of benzene rings is 2. The van der Waals surface area contributed by atoms with E-state index >= 15 is 0 Å². The first kappa shape index (κ1) is 22.7. The van der Waals surface area contributed by atoms with Crippen LogP contribution in [-0.4, -0.2) is 40.1 Å². The summed E-state index contributed by atoms with van der Waals surface area (Å²) in [5.41, 5.74) is 1.53. The molecule has 172 valence electrons. The van der Waals surface area contributed by atoms with Crippen molar-refractivity contribution in [2.75, 3.05) is 28.6 Å². The van der Waals surface area contributed by atoms with E-state index in [1.54, 1.807) is 6.92 Å². The zero-order chi connectivity index (χ0) is 23.4. The van der Waals surface area contributed by atoms with Crippen LogP contribution in [0.2, 0.25) is 5.02 Å². The second-order valence-electron chi connectivity index (χ2n) is 7.80. The van der Waals surface area contributed by atoms with Crippen molar-refractivity contribution in [1.29, 1.82) is 0 Å². The average molecular weight is 471 g/mol. The normalized spacial score (nSPS) is 14.1. The first-order valence-corrected chi connectivity index (χ1v) is 11.0. The van der Waals surface area contributed by atoms with Crippen LogP contribution in [0.4, 0.5) is 27.7 Å². The molecule has 0 atom stereocenters. The third kappa shape index (κ3) is 5.87. The van der Waals surface area contributed by atoms with Gasteiger partial charge in [-0.25, -0.2) is 14.4 Å². The molecule has 0 unspecified atom stereocenters. The number of rotatable bonds is 6. The van der Waals surface area contributed by atoms with Crippen LogP contribution < -0.4 is 20.3 Å². The summed E-state index contributed by atoms with van der Waals surface area (Å²) in [6.07, 6.45) is 3.16. The fourth-order valence-electron chi connectivity index (χ4n) is 3.63. The minimum atomic E-state index is -0.483. The number of carbonyl (C=O) groups is 1. The first-order valence-electron chi connectivity index (χ1n) is 10.6. The van der Waals surface area contributed by atoms with Crippen LogP contribution in [0, 0.1) is 12.7 Å². The summed E-state index contributed by atoms with van der Waals surface area (Å²) in [5.74, 6) is 0.869. The van der Waals surface area contributed by atoms with Crippen molar-refractivity contribution in [2.45, 2.75) is 32.8 Å². The Morgan fingerprint density at radius 1 is 1.15 bits per heavy atom. The summed E-state index contributed by atoms with van der Waals surface area (Å²) in [4.78, 5) is 26.4. The van der Waals surface area contributed by atoms with Gasteiger partial charge in [0.15, 0.2) is 0 Å². The van der Waals surface area contributed by atoms with Gasteiger partial charge >= 0.3 is 0 Å². The smallest absolute Gasteiger partial charge is 0.232 e. The number of hydrogen-bond acceptors (Lipinski definition) is 7. The molecule has 10 heteroatoms. The maximum Gasteiger partial charge on any atom is 0.232 e. The number of nitrogens with one attached hydrogen (secondary N) is 2. The standard InChI is InChI=1S/C23H24ClFN6O2/c1-14-20(28-15(2)32)11-17(25)12-21(14)29-22-26-13-27-23(30-22)31-9-7-19(8-10-31)33-18-5-3-16(24)4-6-18/h3-6,11-13,19H,7-10H2,1-2H3,(H,28,32)(H,26,27,29,30). The number of amides is 1. The van der Waals surface area contributed by atoms with Crippen molar-refractivity contribution in [1.82, 2.24) is 15.0 Å². The van der Waals surface area contributed by atoms with Gasteiger partial charge in [0.05, 0.1) is 0 Å². The van der Waals surface area contributed by atoms with E-state index in [0.29, 0.717) is 33.9 Å². The maximum absolute atomic E-state index is 14.1. The SMILES string of the molecule is CC(=O)Nc1cc(F)cc(Nc2ncnc(N3CCC(Oc4ccc(Cl)cc4)CC3)n2)c1C. The zero-order valence-corrected chi connectivity index (χ0v) is 19.1. The number of carbonyl (C=O) groups excluding carboxylic acids is 1. The molecular weight excluding hydrogens is 447 g/mol. The third-order valence-electron chi connectivity index (χ3n) is 5.33. The topological polar surface area (TPSA) is 92.3 Å². The second kappa shape index (κ2) is 9.99. The molecule has 2 N–H and O–H groups in total. The molecule has 3 aromatic rings. The third-order valence-corrected chi connectivity index (χ3v) is 5.58. The minimum absolute atomic E-state index is 0.101. The van der Waals surface area contributed by atoms with E-state index < -0.39 is 5.82 Å². The lowest BCUT2D eigenvalue weighted by molar-refractivity contribution is -0.114. The van der Waals surface area contributed by atoms with E-state index in [2.05, 4.69) is 30.5 Å². The van der Waals surface area contributed by atoms with Gasteiger partial charge < -0.3 is 20.3 Å². The quantitative estimate of drug-likeness (QED) is 0.538. The Balaban J connectivity index is 1.41. The van der Waals surface area contributed by atoms with E-state index in [9.17, 15) is 9.18 Å². The lowest BCUT2D eigenvalue weighted by Crippen LogP contribution is -2.39. The number of piperidine rings is 1. The van der Waals surface area contributed by atoms with E-state index in [4.69, 9.17) is 16.3 Å². The van der Waals surface area contributed by atoms with E-state index in [-0.39, 0.29) is 12.0 Å². The Morgan fingerprint density at radius 3 is 2.55 bits per heavy atom. The minimum Gasteiger partial charge on any atom is -0.490 e. The van der Waals surface area contributed by atoms with Gasteiger partial charge in [-0.05, 0) is 48.9 Å². The van der Waals surface area contributed by atoms with Crippen LogP contribution in [0.25, 0.3) is 0 Å². The predicted molar refractivity (Wildman–Crippen MR) is 126 cm³/mol. The van der Waals surface area contributed by atoms with Crippen molar-refractivity contribution in [3.63, 3.8) is 0 Å². The van der Waals surface area contributed by atoms with Crippen molar-refractivity contribution >= 4 is 40.8 Å². The number of hydrogen-bond donors (Lipinski definition) is 2. The van der Waals surface area contributed by atoms with E-state index in [1.165, 1.54) is 25.4 Å². The molecule has 0 radical (unpaired) electrons. The second-order valence-corrected chi connectivity index (χ2v) is 8.24. The molecule has 33 heavy (non-hydrogen) atoms. The van der Waals surface area contributed by atoms with Crippen LogP contribution in [-0.2, 0) is 4.79 Å². The Morgan fingerprint density at radius 2 is 1.85 bits per heavy atom. The molecule has 1 aromatic heterocycles. The van der Waals surface area contributed by atoms with Gasteiger partial charge in [0.2, 0.25) is 17.8 Å². The molecule has 1 aliphatic heterocycles. The van der Waals surface area contributed by atoms with Crippen molar-refractivity contribution < 1.29 is 13.9 Å². The van der Waals surface area contributed by atoms with Crippen molar-refractivity contribution in [3.05, 3.63) is 59.1 Å². The Labute approximate surface area is 196 Å². The summed E-state index contributed by atoms with van der Waals surface area (Å²) < 4.78 is 20.1. The lowest BCUT2D eigenvalue weighted by atomic mass is 10.1. The number of halogens is 2. The van der Waals surface area contributed by atoms with Crippen LogP contribution in [0.15, 0.2) is 42.7 Å². The molecule has 1 amide bonds. The Kier molecular flexibility index (Phi) is 6.88. The van der Waals surface area contributed by atoms with Crippen LogP contribution in [0.3, 0.4) is 0 Å². The Hall–Kier alpha value is -3.46. The van der Waals surface area contributed by atoms with E-state index in [0.717, 1.165) is 31.7 Å². The van der Waals surface area contributed by atoms with Gasteiger partial charge in [-0.3, -0.25) is 4.79 Å². The van der Waals surface area contributed by atoms with Crippen LogP contribution in [0.5, 0.6) is 5.75 Å². The highest BCUT2D eigenvalue weighted by molar-refractivity contribution is 6.30. The summed E-state index contributed by atoms with van der Waals surface area (Å²) in [6, 6.07) is 9.96. The van der Waals surface area contributed by atoms with Gasteiger partial charge in [0.1, 0.15) is 24.0 Å². The molecule has 1 aliphatic rings. The largest absolute Gasteiger partial charge is 0.490 e. The van der Waals surface area contributed by atoms with Crippen LogP contribution >= 0.6 is 11.6 Å². The molecule has 0 saturated carbocycles. The molecule has 1 saturated heterocycles.